The molecule has 0 saturated heterocycles. The van der Waals surface area contributed by atoms with E-state index in [-0.39, 0.29) is 11.9 Å². The normalized spacial score (nSPS) is 11.1. The van der Waals surface area contributed by atoms with E-state index in [0.717, 1.165) is 22.5 Å². The van der Waals surface area contributed by atoms with Gasteiger partial charge in [-0.1, -0.05) is 65.7 Å². The van der Waals surface area contributed by atoms with Gasteiger partial charge in [-0.2, -0.15) is 4.99 Å². The van der Waals surface area contributed by atoms with Gasteiger partial charge in [-0.15, -0.1) is 0 Å². The molecule has 0 fully saturated rings. The number of aryl methyl sites for hydroxylation is 2. The van der Waals surface area contributed by atoms with Crippen molar-refractivity contribution in [3.05, 3.63) is 95.6 Å². The monoisotopic (exact) mass is 428 g/mol. The maximum absolute atomic E-state index is 13.2. The van der Waals surface area contributed by atoms with E-state index in [9.17, 15) is 9.59 Å². The summed E-state index contributed by atoms with van der Waals surface area (Å²) in [6, 6.07) is 23.7. The highest BCUT2D eigenvalue weighted by Crippen LogP contribution is 2.18. The van der Waals surface area contributed by atoms with Gasteiger partial charge >= 0.3 is 12.1 Å². The number of urea groups is 2. The molecular weight excluding hydrogens is 400 g/mol. The predicted molar refractivity (Wildman–Crippen MR) is 131 cm³/mol. The van der Waals surface area contributed by atoms with Gasteiger partial charge in [-0.3, -0.25) is 14.7 Å². The number of benzene rings is 3. The van der Waals surface area contributed by atoms with E-state index in [1.165, 1.54) is 14.7 Å². The Hall–Kier alpha value is -3.93. The predicted octanol–water partition coefficient (Wildman–Crippen LogP) is 5.49. The molecule has 0 aliphatic heterocycles. The number of carbonyl (C=O) groups is 2. The first-order chi connectivity index (χ1) is 15.3. The minimum absolute atomic E-state index is 0.276. The van der Waals surface area contributed by atoms with E-state index < -0.39 is 6.03 Å². The molecule has 0 aliphatic rings. The van der Waals surface area contributed by atoms with Gasteiger partial charge in [0.05, 0.1) is 0 Å². The number of nitrogens with zero attached hydrogens (tertiary/aromatic N) is 4. The van der Waals surface area contributed by atoms with E-state index in [1.807, 2.05) is 92.7 Å². The van der Waals surface area contributed by atoms with Crippen molar-refractivity contribution in [1.82, 2.24) is 4.90 Å². The smallest absolute Gasteiger partial charge is 0.297 e. The third kappa shape index (κ3) is 5.21. The lowest BCUT2D eigenvalue weighted by Gasteiger charge is -2.26. The molecule has 6 heteroatoms. The molecule has 0 radical (unpaired) electrons. The van der Waals surface area contributed by atoms with Gasteiger partial charge < -0.3 is 0 Å². The van der Waals surface area contributed by atoms with E-state index >= 15 is 0 Å². The average Bonchev–Trinajstić information content (AvgIpc) is 2.82. The zero-order chi connectivity index (χ0) is 23.3. The summed E-state index contributed by atoms with van der Waals surface area (Å²) in [7, 11) is 4.99. The molecule has 32 heavy (non-hydrogen) atoms. The molecule has 0 unspecified atom stereocenters. The average molecular weight is 429 g/mol. The van der Waals surface area contributed by atoms with E-state index in [0.29, 0.717) is 5.56 Å². The summed E-state index contributed by atoms with van der Waals surface area (Å²) in [6.07, 6.45) is 0. The summed E-state index contributed by atoms with van der Waals surface area (Å²) in [5, 5.41) is 0. The van der Waals surface area contributed by atoms with E-state index in [4.69, 9.17) is 0 Å². The molecule has 4 amide bonds. The Bertz CT molecular complexity index is 1110. The molecule has 3 aromatic rings. The third-order valence-electron chi connectivity index (χ3n) is 5.25. The molecule has 3 rings (SSSR count). The van der Waals surface area contributed by atoms with Gasteiger partial charge in [0.25, 0.3) is 0 Å². The highest BCUT2D eigenvalue weighted by Gasteiger charge is 2.23. The minimum atomic E-state index is -0.467. The van der Waals surface area contributed by atoms with Crippen molar-refractivity contribution in [3.63, 3.8) is 0 Å². The topological polar surface area (TPSA) is 56.2 Å². The van der Waals surface area contributed by atoms with Crippen LogP contribution >= 0.6 is 0 Å². The van der Waals surface area contributed by atoms with Gasteiger partial charge in [0.2, 0.25) is 0 Å². The number of hydrogen-bond acceptors (Lipinski definition) is 2. The lowest BCUT2D eigenvalue weighted by atomic mass is 10.2. The Morgan fingerprint density at radius 3 is 1.62 bits per heavy atom. The van der Waals surface area contributed by atoms with Crippen molar-refractivity contribution in [1.29, 1.82) is 0 Å². The summed E-state index contributed by atoms with van der Waals surface area (Å²) in [4.78, 5) is 35.0. The molecule has 3 aromatic carbocycles. The fourth-order valence-electron chi connectivity index (χ4n) is 3.16. The Morgan fingerprint density at radius 2 is 1.12 bits per heavy atom. The van der Waals surface area contributed by atoms with Crippen LogP contribution in [-0.4, -0.2) is 43.9 Å². The number of amides is 4. The summed E-state index contributed by atoms with van der Waals surface area (Å²) in [5.74, 6) is 0.276. The molecule has 0 aliphatic carbocycles. The van der Waals surface area contributed by atoms with Crippen LogP contribution in [0.25, 0.3) is 0 Å². The fraction of sp³-hybridized carbons (Fsp3) is 0.192. The number of hydrogen-bond donors (Lipinski definition) is 0. The molecule has 6 nitrogen and oxygen atoms in total. The van der Waals surface area contributed by atoms with Crippen LogP contribution in [0.4, 0.5) is 21.0 Å². The standard InChI is InChI=1S/C26H28N4O2/c1-19-11-15-22(16-12-19)28(3)25(31)27-24(21-9-7-6-8-10-21)30(5)26(32)29(4)23-17-13-20(2)14-18-23/h6-18H,1-5H3/b27-24+. The van der Waals surface area contributed by atoms with Crippen molar-refractivity contribution in [2.45, 2.75) is 13.8 Å². The molecule has 0 bridgehead atoms. The zero-order valence-corrected chi connectivity index (χ0v) is 19.1. The van der Waals surface area contributed by atoms with Crippen LogP contribution in [-0.2, 0) is 0 Å². The van der Waals surface area contributed by atoms with Crippen molar-refractivity contribution >= 4 is 29.3 Å². The highest BCUT2D eigenvalue weighted by atomic mass is 16.2. The molecule has 0 saturated carbocycles. The lowest BCUT2D eigenvalue weighted by molar-refractivity contribution is 0.234. The first kappa shape index (κ1) is 22.7. The Balaban J connectivity index is 1.93. The van der Waals surface area contributed by atoms with Crippen LogP contribution in [0.3, 0.4) is 0 Å². The van der Waals surface area contributed by atoms with Crippen molar-refractivity contribution in [2.75, 3.05) is 30.9 Å². The van der Waals surface area contributed by atoms with E-state index in [2.05, 4.69) is 4.99 Å². The second-order valence-corrected chi connectivity index (χ2v) is 7.71. The maximum atomic E-state index is 13.2. The Morgan fingerprint density at radius 1 is 0.656 bits per heavy atom. The number of aliphatic imine (C=N–C) groups is 1. The molecule has 0 aromatic heterocycles. The molecule has 0 N–H and O–H groups in total. The van der Waals surface area contributed by atoms with Crippen LogP contribution in [0.15, 0.2) is 83.9 Å². The summed E-state index contributed by atoms with van der Waals surface area (Å²) in [5.41, 5.74) is 4.36. The number of anilines is 2. The van der Waals surface area contributed by atoms with Crippen LogP contribution in [0.1, 0.15) is 16.7 Å². The van der Waals surface area contributed by atoms with Gasteiger partial charge in [0.1, 0.15) is 5.84 Å². The number of carbonyl (C=O) groups excluding carboxylic acids is 2. The molecule has 164 valence electrons. The van der Waals surface area contributed by atoms with E-state index in [1.54, 1.807) is 21.1 Å². The molecule has 0 heterocycles. The molecule has 0 spiro atoms. The second-order valence-electron chi connectivity index (χ2n) is 7.71. The quantitative estimate of drug-likeness (QED) is 0.409. The van der Waals surface area contributed by atoms with Gasteiger partial charge in [0, 0.05) is 38.1 Å². The van der Waals surface area contributed by atoms with Crippen LogP contribution in [0, 0.1) is 13.8 Å². The van der Waals surface area contributed by atoms with Crippen LogP contribution in [0.2, 0.25) is 0 Å². The molecule has 0 atom stereocenters. The first-order valence-corrected chi connectivity index (χ1v) is 10.3. The van der Waals surface area contributed by atoms with Crippen LogP contribution in [0.5, 0.6) is 0 Å². The maximum Gasteiger partial charge on any atom is 0.349 e. The van der Waals surface area contributed by atoms with Crippen molar-refractivity contribution < 1.29 is 9.59 Å². The zero-order valence-electron chi connectivity index (χ0n) is 19.1. The number of rotatable bonds is 3. The summed E-state index contributed by atoms with van der Waals surface area (Å²) < 4.78 is 0. The molecular formula is C26H28N4O2. The fourth-order valence-corrected chi connectivity index (χ4v) is 3.16. The number of amidine groups is 1. The van der Waals surface area contributed by atoms with Crippen molar-refractivity contribution in [2.24, 2.45) is 4.99 Å². The first-order valence-electron chi connectivity index (χ1n) is 10.3. The third-order valence-corrected chi connectivity index (χ3v) is 5.25. The van der Waals surface area contributed by atoms with Gasteiger partial charge in [-0.25, -0.2) is 9.59 Å². The lowest BCUT2D eigenvalue weighted by Crippen LogP contribution is -2.43. The summed E-state index contributed by atoms with van der Waals surface area (Å²) >= 11 is 0. The van der Waals surface area contributed by atoms with Gasteiger partial charge in [0.15, 0.2) is 0 Å². The largest absolute Gasteiger partial charge is 0.349 e. The minimum Gasteiger partial charge on any atom is -0.297 e. The summed E-state index contributed by atoms with van der Waals surface area (Å²) in [6.45, 7) is 3.98. The van der Waals surface area contributed by atoms with Gasteiger partial charge in [-0.05, 0) is 38.1 Å². The Kier molecular flexibility index (Phi) is 7.05. The van der Waals surface area contributed by atoms with Crippen molar-refractivity contribution in [3.8, 4) is 0 Å². The second kappa shape index (κ2) is 9.92. The highest BCUT2D eigenvalue weighted by molar-refractivity contribution is 6.15. The van der Waals surface area contributed by atoms with Crippen LogP contribution < -0.4 is 9.80 Å². The SMILES string of the molecule is Cc1ccc(N(C)C(=O)/N=C(\c2ccccc2)N(C)C(=O)N(C)c2ccc(C)cc2)cc1. The Labute approximate surface area is 189 Å².